The zero-order valence-electron chi connectivity index (χ0n) is 9.95. The molecule has 2 amide bonds. The van der Waals surface area contributed by atoms with Crippen LogP contribution in [-0.4, -0.2) is 24.9 Å². The topological polar surface area (TPSA) is 58.2 Å². The van der Waals surface area contributed by atoms with E-state index in [2.05, 4.69) is 10.6 Å². The molecule has 0 saturated carbocycles. The minimum Gasteiger partial charge on any atom is -0.353 e. The first kappa shape index (κ1) is 14.4. The van der Waals surface area contributed by atoms with E-state index in [9.17, 15) is 9.59 Å². The molecular formula is C12H20N2O2. The number of hydrogen-bond donors (Lipinski definition) is 2. The van der Waals surface area contributed by atoms with Gasteiger partial charge in [-0.2, -0.15) is 0 Å². The third-order valence-electron chi connectivity index (χ3n) is 1.70. The molecule has 0 unspecified atom stereocenters. The van der Waals surface area contributed by atoms with E-state index in [0.717, 1.165) is 12.8 Å². The normalized spacial score (nSPS) is 10.9. The average molecular weight is 224 g/mol. The Morgan fingerprint density at radius 1 is 0.875 bits per heavy atom. The van der Waals surface area contributed by atoms with E-state index in [4.69, 9.17) is 0 Å². The van der Waals surface area contributed by atoms with Gasteiger partial charge < -0.3 is 10.6 Å². The molecule has 90 valence electrons. The van der Waals surface area contributed by atoms with Crippen LogP contribution in [0.5, 0.6) is 0 Å². The van der Waals surface area contributed by atoms with E-state index in [1.54, 1.807) is 12.2 Å². The van der Waals surface area contributed by atoms with E-state index >= 15 is 0 Å². The van der Waals surface area contributed by atoms with Gasteiger partial charge in [-0.15, -0.1) is 0 Å². The van der Waals surface area contributed by atoms with Crippen LogP contribution in [0, 0.1) is 0 Å². The van der Waals surface area contributed by atoms with Crippen molar-refractivity contribution in [2.24, 2.45) is 0 Å². The zero-order chi connectivity index (χ0) is 12.2. The maximum atomic E-state index is 11.1. The second-order valence-corrected chi connectivity index (χ2v) is 3.30. The van der Waals surface area contributed by atoms with Crippen molar-refractivity contribution in [3.63, 3.8) is 0 Å². The second-order valence-electron chi connectivity index (χ2n) is 3.30. The molecule has 0 atom stereocenters. The van der Waals surface area contributed by atoms with Crippen LogP contribution in [0.3, 0.4) is 0 Å². The SMILES string of the molecule is CCCNC(=O)/C=C\C=C/C(=O)NCCC. The lowest BCUT2D eigenvalue weighted by Gasteiger charge is -1.97. The first-order chi connectivity index (χ1) is 7.70. The molecule has 0 fully saturated rings. The van der Waals surface area contributed by atoms with Gasteiger partial charge >= 0.3 is 0 Å². The predicted molar refractivity (Wildman–Crippen MR) is 64.9 cm³/mol. The van der Waals surface area contributed by atoms with Crippen LogP contribution in [0.25, 0.3) is 0 Å². The Hall–Kier alpha value is -1.58. The molecule has 0 saturated heterocycles. The molecule has 0 aliphatic carbocycles. The molecule has 0 aromatic rings. The molecule has 0 aromatic heterocycles. The summed E-state index contributed by atoms with van der Waals surface area (Å²) in [5.74, 6) is -0.277. The molecule has 16 heavy (non-hydrogen) atoms. The molecule has 0 heterocycles. The lowest BCUT2D eigenvalue weighted by Crippen LogP contribution is -2.21. The summed E-state index contributed by atoms with van der Waals surface area (Å²) in [6, 6.07) is 0. The summed E-state index contributed by atoms with van der Waals surface area (Å²) >= 11 is 0. The Kier molecular flexibility index (Phi) is 8.97. The van der Waals surface area contributed by atoms with Crippen molar-refractivity contribution in [1.29, 1.82) is 0 Å². The van der Waals surface area contributed by atoms with Crippen molar-refractivity contribution in [2.45, 2.75) is 26.7 Å². The van der Waals surface area contributed by atoms with Gasteiger partial charge in [-0.3, -0.25) is 9.59 Å². The Labute approximate surface area is 96.8 Å². The zero-order valence-corrected chi connectivity index (χ0v) is 9.95. The maximum Gasteiger partial charge on any atom is 0.243 e. The van der Waals surface area contributed by atoms with Crippen LogP contribution in [0.2, 0.25) is 0 Å². The predicted octanol–water partition coefficient (Wildman–Crippen LogP) is 1.15. The van der Waals surface area contributed by atoms with Crippen LogP contribution in [-0.2, 0) is 9.59 Å². The molecule has 0 spiro atoms. The quantitative estimate of drug-likeness (QED) is 0.503. The van der Waals surface area contributed by atoms with E-state index in [0.29, 0.717) is 13.1 Å². The standard InChI is InChI=1S/C12H20N2O2/c1-3-9-13-11(15)7-5-6-8-12(16)14-10-4-2/h5-8H,3-4,9-10H2,1-2H3,(H,13,15)(H,14,16)/b7-5-,8-6-. The summed E-state index contributed by atoms with van der Waals surface area (Å²) in [5, 5.41) is 5.39. The van der Waals surface area contributed by atoms with Crippen LogP contribution in [0.4, 0.5) is 0 Å². The van der Waals surface area contributed by atoms with E-state index in [1.807, 2.05) is 13.8 Å². The summed E-state index contributed by atoms with van der Waals surface area (Å²) in [6.45, 7) is 5.32. The fourth-order valence-corrected chi connectivity index (χ4v) is 0.900. The van der Waals surface area contributed by atoms with Crippen LogP contribution in [0.1, 0.15) is 26.7 Å². The summed E-state index contributed by atoms with van der Waals surface area (Å²) in [6.07, 6.45) is 7.73. The molecule has 0 rings (SSSR count). The number of nitrogens with one attached hydrogen (secondary N) is 2. The van der Waals surface area contributed by atoms with E-state index in [1.165, 1.54) is 12.2 Å². The van der Waals surface area contributed by atoms with Gasteiger partial charge in [-0.25, -0.2) is 0 Å². The Balaban J connectivity index is 3.76. The number of hydrogen-bond acceptors (Lipinski definition) is 2. The highest BCUT2D eigenvalue weighted by atomic mass is 16.2. The van der Waals surface area contributed by atoms with Gasteiger partial charge in [0.2, 0.25) is 11.8 Å². The van der Waals surface area contributed by atoms with Gasteiger partial charge in [0.15, 0.2) is 0 Å². The third-order valence-corrected chi connectivity index (χ3v) is 1.70. The fourth-order valence-electron chi connectivity index (χ4n) is 0.900. The molecule has 0 bridgehead atoms. The van der Waals surface area contributed by atoms with Gasteiger partial charge in [-0.1, -0.05) is 26.0 Å². The molecule has 0 radical (unpaired) electrons. The minimum absolute atomic E-state index is 0.138. The van der Waals surface area contributed by atoms with Crippen molar-refractivity contribution in [2.75, 3.05) is 13.1 Å². The molecule has 0 aromatic carbocycles. The Bertz CT molecular complexity index is 242. The van der Waals surface area contributed by atoms with Crippen molar-refractivity contribution in [3.05, 3.63) is 24.3 Å². The Morgan fingerprint density at radius 2 is 1.25 bits per heavy atom. The van der Waals surface area contributed by atoms with Crippen molar-refractivity contribution in [3.8, 4) is 0 Å². The molecule has 0 aliphatic heterocycles. The molecule has 2 N–H and O–H groups in total. The number of rotatable bonds is 7. The first-order valence-corrected chi connectivity index (χ1v) is 5.61. The van der Waals surface area contributed by atoms with Crippen molar-refractivity contribution in [1.82, 2.24) is 10.6 Å². The molecule has 0 aliphatic rings. The smallest absolute Gasteiger partial charge is 0.243 e. The van der Waals surface area contributed by atoms with E-state index in [-0.39, 0.29) is 11.8 Å². The van der Waals surface area contributed by atoms with Gasteiger partial charge in [-0.05, 0) is 12.8 Å². The summed E-state index contributed by atoms with van der Waals surface area (Å²) in [4.78, 5) is 22.2. The van der Waals surface area contributed by atoms with Gasteiger partial charge in [0.1, 0.15) is 0 Å². The van der Waals surface area contributed by atoms with Gasteiger partial charge in [0.05, 0.1) is 0 Å². The molecular weight excluding hydrogens is 204 g/mol. The van der Waals surface area contributed by atoms with Crippen molar-refractivity contribution < 1.29 is 9.59 Å². The van der Waals surface area contributed by atoms with E-state index < -0.39 is 0 Å². The largest absolute Gasteiger partial charge is 0.353 e. The number of allylic oxidation sites excluding steroid dienone is 2. The third kappa shape index (κ3) is 8.99. The van der Waals surface area contributed by atoms with Gasteiger partial charge in [0, 0.05) is 25.2 Å². The van der Waals surface area contributed by atoms with Crippen molar-refractivity contribution >= 4 is 11.8 Å². The number of carbonyl (C=O) groups is 2. The molecule has 4 heteroatoms. The second kappa shape index (κ2) is 9.96. The van der Waals surface area contributed by atoms with Crippen LogP contribution in [0.15, 0.2) is 24.3 Å². The van der Waals surface area contributed by atoms with Crippen LogP contribution < -0.4 is 10.6 Å². The highest BCUT2D eigenvalue weighted by Crippen LogP contribution is 1.80. The monoisotopic (exact) mass is 224 g/mol. The van der Waals surface area contributed by atoms with Crippen LogP contribution >= 0.6 is 0 Å². The first-order valence-electron chi connectivity index (χ1n) is 5.61. The number of carbonyl (C=O) groups excluding carboxylic acids is 2. The highest BCUT2D eigenvalue weighted by Gasteiger charge is 1.91. The van der Waals surface area contributed by atoms with Gasteiger partial charge in [0.25, 0.3) is 0 Å². The number of amides is 2. The summed E-state index contributed by atoms with van der Waals surface area (Å²) < 4.78 is 0. The minimum atomic E-state index is -0.138. The summed E-state index contributed by atoms with van der Waals surface area (Å²) in [7, 11) is 0. The fraction of sp³-hybridized carbons (Fsp3) is 0.500. The maximum absolute atomic E-state index is 11.1. The average Bonchev–Trinajstić information content (AvgIpc) is 2.29. The highest BCUT2D eigenvalue weighted by molar-refractivity contribution is 5.89. The summed E-state index contributed by atoms with van der Waals surface area (Å²) in [5.41, 5.74) is 0. The molecule has 4 nitrogen and oxygen atoms in total. The Morgan fingerprint density at radius 3 is 1.56 bits per heavy atom. The lowest BCUT2D eigenvalue weighted by molar-refractivity contribution is -0.117. The lowest BCUT2D eigenvalue weighted by atomic mass is 10.4.